The Morgan fingerprint density at radius 2 is 2.50 bits per heavy atom. The van der Waals surface area contributed by atoms with Crippen LogP contribution >= 0.6 is 15.9 Å². The Balaban J connectivity index is 3.24. The molecule has 8 heavy (non-hydrogen) atoms. The van der Waals surface area contributed by atoms with Crippen molar-refractivity contribution in [2.45, 2.75) is 13.0 Å². The highest BCUT2D eigenvalue weighted by atomic mass is 79.9. The number of rotatable bonds is 2. The minimum Gasteiger partial charge on any atom is -0.462 e. The van der Waals surface area contributed by atoms with E-state index in [2.05, 4.69) is 27.6 Å². The monoisotopic (exact) mass is 179 g/mol. The van der Waals surface area contributed by atoms with Gasteiger partial charge in [-0.15, -0.1) is 0 Å². The Kier molecular flexibility index (Phi) is 3.87. The Hall–Kier alpha value is -0.0500. The lowest BCUT2D eigenvalue weighted by atomic mass is 10.5. The van der Waals surface area contributed by atoms with Crippen LogP contribution in [0.2, 0.25) is 0 Å². The average Bonchev–Trinajstić information content (AvgIpc) is 1.65. The molecule has 1 unspecified atom stereocenters. The summed E-state index contributed by atoms with van der Waals surface area (Å²) in [7, 11) is 0. The minimum absolute atomic E-state index is 0.257. The van der Waals surface area contributed by atoms with E-state index in [1.165, 1.54) is 6.92 Å². The number of carbonyl (C=O) groups is 1. The predicted octanol–water partition coefficient (Wildman–Crippen LogP) is 1.15. The van der Waals surface area contributed by atoms with Crippen molar-refractivity contribution in [3.63, 3.8) is 0 Å². The van der Waals surface area contributed by atoms with Crippen molar-refractivity contribution in [1.82, 2.24) is 0 Å². The van der Waals surface area contributed by atoms with E-state index >= 15 is 0 Å². The Morgan fingerprint density at radius 3 is 2.62 bits per heavy atom. The van der Waals surface area contributed by atoms with Crippen LogP contribution in [0.25, 0.3) is 0 Å². The first-order valence-electron chi connectivity index (χ1n) is 2.23. The first-order valence-corrected chi connectivity index (χ1v) is 3.35. The van der Waals surface area contributed by atoms with Gasteiger partial charge in [-0.1, -0.05) is 15.9 Å². The number of halogens is 1. The molecule has 0 aromatic carbocycles. The van der Waals surface area contributed by atoms with Crippen LogP contribution in [0.15, 0.2) is 0 Å². The minimum atomic E-state index is -0.288. The summed E-state index contributed by atoms with van der Waals surface area (Å²) in [6, 6.07) is 0. The maximum Gasteiger partial charge on any atom is 0.302 e. The molecular weight excluding hydrogens is 172 g/mol. The summed E-state index contributed by atoms with van der Waals surface area (Å²) in [6.45, 7) is 4.87. The maximum atomic E-state index is 10.1. The largest absolute Gasteiger partial charge is 0.462 e. The molecule has 0 aromatic rings. The van der Waals surface area contributed by atoms with Crippen LogP contribution in [-0.2, 0) is 9.53 Å². The molecule has 2 nitrogen and oxygen atoms in total. The van der Waals surface area contributed by atoms with Crippen molar-refractivity contribution in [2.75, 3.05) is 5.33 Å². The predicted molar refractivity (Wildman–Crippen MR) is 34.7 cm³/mol. The van der Waals surface area contributed by atoms with Crippen molar-refractivity contribution in [3.05, 3.63) is 6.92 Å². The van der Waals surface area contributed by atoms with E-state index in [0.29, 0.717) is 5.33 Å². The highest BCUT2D eigenvalue weighted by Crippen LogP contribution is 1.94. The van der Waals surface area contributed by atoms with Gasteiger partial charge in [-0.05, 0) is 6.92 Å². The molecule has 1 radical (unpaired) electrons. The highest BCUT2D eigenvalue weighted by Gasteiger charge is 2.00. The molecular formula is C5H8BrO2. The van der Waals surface area contributed by atoms with Crippen LogP contribution in [0.3, 0.4) is 0 Å². The van der Waals surface area contributed by atoms with E-state index in [1.54, 1.807) is 0 Å². The lowest BCUT2D eigenvalue weighted by molar-refractivity contribution is -0.143. The van der Waals surface area contributed by atoms with Gasteiger partial charge in [0.1, 0.15) is 6.10 Å². The van der Waals surface area contributed by atoms with Crippen LogP contribution in [0, 0.1) is 6.92 Å². The molecule has 0 aliphatic rings. The molecule has 1 atom stereocenters. The second-order valence-corrected chi connectivity index (χ2v) is 2.03. The van der Waals surface area contributed by atoms with Gasteiger partial charge >= 0.3 is 5.97 Å². The summed E-state index contributed by atoms with van der Waals surface area (Å²) in [5.41, 5.74) is 0. The summed E-state index contributed by atoms with van der Waals surface area (Å²) in [5, 5.41) is 0.590. The Labute approximate surface area is 57.3 Å². The molecule has 0 saturated carbocycles. The fourth-order valence-electron chi connectivity index (χ4n) is 0.266. The third-order valence-electron chi connectivity index (χ3n) is 0.505. The number of alkyl halides is 1. The number of esters is 1. The quantitative estimate of drug-likeness (QED) is 0.470. The van der Waals surface area contributed by atoms with Crippen LogP contribution in [0.5, 0.6) is 0 Å². The lowest BCUT2D eigenvalue weighted by Crippen LogP contribution is -2.13. The molecule has 0 rings (SSSR count). The Morgan fingerprint density at radius 1 is 2.00 bits per heavy atom. The summed E-state index contributed by atoms with van der Waals surface area (Å²) in [6.07, 6.45) is -0.257. The van der Waals surface area contributed by atoms with Gasteiger partial charge in [0.2, 0.25) is 0 Å². The van der Waals surface area contributed by atoms with E-state index in [4.69, 9.17) is 0 Å². The van der Waals surface area contributed by atoms with Gasteiger partial charge in [-0.25, -0.2) is 0 Å². The van der Waals surface area contributed by atoms with Crippen LogP contribution < -0.4 is 0 Å². The summed E-state index contributed by atoms with van der Waals surface area (Å²) in [4.78, 5) is 10.1. The zero-order valence-corrected chi connectivity index (χ0v) is 6.27. The van der Waals surface area contributed by atoms with Crippen LogP contribution in [-0.4, -0.2) is 17.4 Å². The molecule has 0 N–H and O–H groups in total. The molecule has 47 valence electrons. The number of carbonyl (C=O) groups excluding carboxylic acids is 1. The SMILES string of the molecule is [CH2]C(CBr)OC(C)=O. The zero-order chi connectivity index (χ0) is 6.57. The zero-order valence-electron chi connectivity index (χ0n) is 4.69. The average molecular weight is 180 g/mol. The molecule has 0 saturated heterocycles. The summed E-state index contributed by atoms with van der Waals surface area (Å²) < 4.78 is 4.60. The van der Waals surface area contributed by atoms with E-state index in [1.807, 2.05) is 0 Å². The normalized spacial score (nSPS) is 12.9. The fraction of sp³-hybridized carbons (Fsp3) is 0.600. The molecule has 0 fully saturated rings. The molecule has 0 amide bonds. The highest BCUT2D eigenvalue weighted by molar-refractivity contribution is 9.09. The summed E-state index contributed by atoms with van der Waals surface area (Å²) >= 11 is 3.10. The van der Waals surface area contributed by atoms with Gasteiger partial charge in [0.05, 0.1) is 0 Å². The van der Waals surface area contributed by atoms with E-state index in [0.717, 1.165) is 0 Å². The molecule has 0 heterocycles. The van der Waals surface area contributed by atoms with E-state index in [9.17, 15) is 4.79 Å². The fourth-order valence-corrected chi connectivity index (χ4v) is 0.398. The van der Waals surface area contributed by atoms with Gasteiger partial charge < -0.3 is 4.74 Å². The molecule has 0 spiro atoms. The van der Waals surface area contributed by atoms with E-state index in [-0.39, 0.29) is 12.1 Å². The van der Waals surface area contributed by atoms with Gasteiger partial charge in [0.25, 0.3) is 0 Å². The first kappa shape index (κ1) is 7.95. The van der Waals surface area contributed by atoms with Crippen LogP contribution in [0.1, 0.15) is 6.92 Å². The first-order chi connectivity index (χ1) is 3.66. The van der Waals surface area contributed by atoms with Crippen molar-refractivity contribution in [3.8, 4) is 0 Å². The van der Waals surface area contributed by atoms with Crippen molar-refractivity contribution >= 4 is 21.9 Å². The van der Waals surface area contributed by atoms with Crippen molar-refractivity contribution in [1.29, 1.82) is 0 Å². The molecule has 0 aliphatic heterocycles. The van der Waals surface area contributed by atoms with Crippen molar-refractivity contribution in [2.24, 2.45) is 0 Å². The Bertz CT molecular complexity index is 82.5. The number of hydrogen-bond donors (Lipinski definition) is 0. The maximum absolute atomic E-state index is 10.1. The van der Waals surface area contributed by atoms with Gasteiger partial charge in [-0.2, -0.15) is 0 Å². The standard InChI is InChI=1S/C5H8BrO2/c1-4(3-6)8-5(2)7/h4H,1,3H2,2H3. The van der Waals surface area contributed by atoms with Gasteiger partial charge in [-0.3, -0.25) is 4.79 Å². The lowest BCUT2D eigenvalue weighted by Gasteiger charge is -2.05. The third-order valence-corrected chi connectivity index (χ3v) is 1.23. The smallest absolute Gasteiger partial charge is 0.302 e. The summed E-state index contributed by atoms with van der Waals surface area (Å²) in [5.74, 6) is -0.288. The van der Waals surface area contributed by atoms with Crippen LogP contribution in [0.4, 0.5) is 0 Å². The second-order valence-electron chi connectivity index (χ2n) is 1.39. The third kappa shape index (κ3) is 4.12. The molecule has 0 aromatic heterocycles. The van der Waals surface area contributed by atoms with E-state index < -0.39 is 0 Å². The second kappa shape index (κ2) is 3.89. The molecule has 0 bridgehead atoms. The van der Waals surface area contributed by atoms with Gasteiger partial charge in [0.15, 0.2) is 0 Å². The topological polar surface area (TPSA) is 26.3 Å². The van der Waals surface area contributed by atoms with Crippen molar-refractivity contribution < 1.29 is 9.53 Å². The number of ether oxygens (including phenoxy) is 1. The molecule has 0 aliphatic carbocycles. The molecule has 3 heteroatoms. The van der Waals surface area contributed by atoms with Gasteiger partial charge in [0, 0.05) is 12.3 Å². The number of hydrogen-bond acceptors (Lipinski definition) is 2.